The number of benzene rings is 3. The Bertz CT molecular complexity index is 1650. The number of oxazole rings is 1. The van der Waals surface area contributed by atoms with Crippen LogP contribution in [-0.4, -0.2) is 43.4 Å². The molecule has 0 bridgehead atoms. The molecule has 220 valence electrons. The van der Waals surface area contributed by atoms with Gasteiger partial charge in [0.25, 0.3) is 0 Å². The van der Waals surface area contributed by atoms with Crippen LogP contribution in [0.15, 0.2) is 77.2 Å². The maximum atomic E-state index is 14.0. The molecule has 3 aromatic carbocycles. The smallest absolute Gasteiger partial charge is 0.321 e. The summed E-state index contributed by atoms with van der Waals surface area (Å²) in [5, 5.41) is 0. The van der Waals surface area contributed by atoms with Crippen LogP contribution >= 0.6 is 0 Å². The number of anilines is 1. The molecule has 1 aliphatic rings. The minimum Gasteiger partial charge on any atom is -0.487 e. The van der Waals surface area contributed by atoms with Gasteiger partial charge in [0.2, 0.25) is 5.89 Å². The van der Waals surface area contributed by atoms with E-state index in [0.29, 0.717) is 47.3 Å². The summed E-state index contributed by atoms with van der Waals surface area (Å²) in [6.45, 7) is 5.81. The normalized spacial score (nSPS) is 13.2. The number of para-hydroxylation sites is 1. The minimum atomic E-state index is -4.05. The van der Waals surface area contributed by atoms with Gasteiger partial charge in [0.15, 0.2) is 0 Å². The first kappa shape index (κ1) is 29.3. The van der Waals surface area contributed by atoms with E-state index in [-0.39, 0.29) is 19.8 Å². The highest BCUT2D eigenvalue weighted by molar-refractivity contribution is 7.90. The van der Waals surface area contributed by atoms with E-state index in [4.69, 9.17) is 13.9 Å². The van der Waals surface area contributed by atoms with Crippen LogP contribution in [0, 0.1) is 13.8 Å². The van der Waals surface area contributed by atoms with Crippen molar-refractivity contribution in [1.29, 1.82) is 0 Å². The molecule has 5 rings (SSSR count). The molecule has 4 aromatic rings. The Hall–Kier alpha value is -4.15. The van der Waals surface area contributed by atoms with Gasteiger partial charge in [-0.3, -0.25) is 9.10 Å². The van der Waals surface area contributed by atoms with Gasteiger partial charge in [0.05, 0.1) is 12.3 Å². The molecule has 0 radical (unpaired) electrons. The first-order valence-electron chi connectivity index (χ1n) is 14.0. The predicted molar refractivity (Wildman–Crippen MR) is 160 cm³/mol. The van der Waals surface area contributed by atoms with Crippen molar-refractivity contribution >= 4 is 21.9 Å². The van der Waals surface area contributed by atoms with E-state index < -0.39 is 22.7 Å². The molecule has 0 spiro atoms. The lowest BCUT2D eigenvalue weighted by Gasteiger charge is -2.34. The van der Waals surface area contributed by atoms with Crippen molar-refractivity contribution in [2.24, 2.45) is 0 Å². The van der Waals surface area contributed by atoms with E-state index in [1.54, 1.807) is 31.2 Å². The molecule has 0 atom stereocenters. The van der Waals surface area contributed by atoms with Gasteiger partial charge in [-0.25, -0.2) is 4.98 Å². The van der Waals surface area contributed by atoms with Gasteiger partial charge >= 0.3 is 16.2 Å². The molecule has 2 heterocycles. The molecule has 0 unspecified atom stereocenters. The number of nitrogens with zero attached hydrogens (tertiary/aromatic N) is 3. The summed E-state index contributed by atoms with van der Waals surface area (Å²) in [5.74, 6) is 1.13. The maximum Gasteiger partial charge on any atom is 0.321 e. The highest BCUT2D eigenvalue weighted by Gasteiger charge is 2.34. The average molecular weight is 590 g/mol. The van der Waals surface area contributed by atoms with Crippen LogP contribution in [0.2, 0.25) is 0 Å². The summed E-state index contributed by atoms with van der Waals surface area (Å²) in [6.07, 6.45) is 1.50. The van der Waals surface area contributed by atoms with Crippen molar-refractivity contribution in [1.82, 2.24) is 9.29 Å². The second-order valence-corrected chi connectivity index (χ2v) is 12.1. The second-order valence-electron chi connectivity index (χ2n) is 10.2. The predicted octanol–water partition coefficient (Wildman–Crippen LogP) is 5.60. The zero-order chi connectivity index (χ0) is 29.7. The molecule has 9 nitrogen and oxygen atoms in total. The van der Waals surface area contributed by atoms with Gasteiger partial charge < -0.3 is 13.9 Å². The number of ether oxygens (including phenoxy) is 2. The van der Waals surface area contributed by atoms with Crippen LogP contribution in [0.3, 0.4) is 0 Å². The van der Waals surface area contributed by atoms with Crippen molar-refractivity contribution in [3.8, 4) is 17.2 Å². The molecule has 0 fully saturated rings. The summed E-state index contributed by atoms with van der Waals surface area (Å²) in [4.78, 5) is 17.1. The van der Waals surface area contributed by atoms with Gasteiger partial charge in [-0.15, -0.1) is 0 Å². The van der Waals surface area contributed by atoms with Crippen LogP contribution in [0.25, 0.3) is 11.5 Å². The Morgan fingerprint density at radius 2 is 1.83 bits per heavy atom. The van der Waals surface area contributed by atoms with Crippen molar-refractivity contribution in [2.75, 3.05) is 24.0 Å². The Kier molecular flexibility index (Phi) is 8.94. The number of aromatic nitrogens is 1. The molecular formula is C32H35N3O6S. The van der Waals surface area contributed by atoms with E-state index in [1.165, 1.54) is 8.61 Å². The average Bonchev–Trinajstić information content (AvgIpc) is 3.36. The Morgan fingerprint density at radius 3 is 2.62 bits per heavy atom. The summed E-state index contributed by atoms with van der Waals surface area (Å²) in [7, 11) is -4.05. The number of hydrogen-bond donors (Lipinski definition) is 0. The standard InChI is InChI=1S/C32H35N3O6S/c1-4-39-31(36)21-34(42(37,38)35-18-8-11-26-10-5-6-13-30(26)35)20-25-9-7-12-28(19-25)40-22-29-24(3)41-32(33-29)27-16-14-23(2)15-17-27/h5-7,9-10,12-17,19H,4,8,11,18,20-22H2,1-3H3. The Morgan fingerprint density at radius 1 is 1.05 bits per heavy atom. The van der Waals surface area contributed by atoms with E-state index in [2.05, 4.69) is 4.98 Å². The zero-order valence-corrected chi connectivity index (χ0v) is 24.9. The summed E-state index contributed by atoms with van der Waals surface area (Å²) < 4.78 is 47.5. The lowest BCUT2D eigenvalue weighted by Crippen LogP contribution is -2.47. The van der Waals surface area contributed by atoms with Crippen LogP contribution in [0.1, 0.15) is 41.5 Å². The number of carbonyl (C=O) groups excluding carboxylic acids is 1. The number of carbonyl (C=O) groups is 1. The fourth-order valence-electron chi connectivity index (χ4n) is 4.92. The number of aryl methyl sites for hydroxylation is 3. The minimum absolute atomic E-state index is 0.0302. The molecular weight excluding hydrogens is 554 g/mol. The van der Waals surface area contributed by atoms with Crippen LogP contribution in [-0.2, 0) is 39.3 Å². The van der Waals surface area contributed by atoms with Gasteiger partial charge in [-0.1, -0.05) is 48.0 Å². The first-order valence-corrected chi connectivity index (χ1v) is 15.4. The molecule has 0 aliphatic carbocycles. The molecule has 0 N–H and O–H groups in total. The fourth-order valence-corrected chi connectivity index (χ4v) is 6.56. The highest BCUT2D eigenvalue weighted by Crippen LogP contribution is 2.31. The third kappa shape index (κ3) is 6.66. The Labute approximate surface area is 246 Å². The molecule has 0 amide bonds. The maximum absolute atomic E-state index is 14.0. The van der Waals surface area contributed by atoms with Crippen molar-refractivity contribution in [3.63, 3.8) is 0 Å². The Balaban J connectivity index is 1.34. The van der Waals surface area contributed by atoms with Gasteiger partial charge in [-0.2, -0.15) is 12.7 Å². The first-order chi connectivity index (χ1) is 20.2. The molecule has 1 aromatic heterocycles. The van der Waals surface area contributed by atoms with Gasteiger partial charge in [0, 0.05) is 18.7 Å². The summed E-state index contributed by atoms with van der Waals surface area (Å²) in [5.41, 5.74) is 4.99. The van der Waals surface area contributed by atoms with E-state index in [0.717, 1.165) is 23.1 Å². The lowest BCUT2D eigenvalue weighted by molar-refractivity contribution is -0.143. The quantitative estimate of drug-likeness (QED) is 0.210. The largest absolute Gasteiger partial charge is 0.487 e. The van der Waals surface area contributed by atoms with Crippen molar-refractivity contribution in [3.05, 3.63) is 101 Å². The van der Waals surface area contributed by atoms with Crippen molar-refractivity contribution in [2.45, 2.75) is 46.8 Å². The van der Waals surface area contributed by atoms with E-state index in [9.17, 15) is 13.2 Å². The summed E-state index contributed by atoms with van der Waals surface area (Å²) in [6, 6.07) is 22.6. The zero-order valence-electron chi connectivity index (χ0n) is 24.1. The van der Waals surface area contributed by atoms with Crippen LogP contribution < -0.4 is 9.04 Å². The second kappa shape index (κ2) is 12.8. The number of fused-ring (bicyclic) bond motifs is 1. The summed E-state index contributed by atoms with van der Waals surface area (Å²) >= 11 is 0. The fraction of sp³-hybridized carbons (Fsp3) is 0.312. The monoisotopic (exact) mass is 589 g/mol. The van der Waals surface area contributed by atoms with E-state index in [1.807, 2.05) is 62.4 Å². The third-order valence-electron chi connectivity index (χ3n) is 7.11. The molecule has 10 heteroatoms. The van der Waals surface area contributed by atoms with Crippen LogP contribution in [0.5, 0.6) is 5.75 Å². The molecule has 0 saturated carbocycles. The molecule has 42 heavy (non-hydrogen) atoms. The highest BCUT2D eigenvalue weighted by atomic mass is 32.2. The van der Waals surface area contributed by atoms with Gasteiger partial charge in [-0.05, 0) is 75.1 Å². The lowest BCUT2D eigenvalue weighted by atomic mass is 10.0. The third-order valence-corrected chi connectivity index (χ3v) is 8.95. The number of hydrogen-bond acceptors (Lipinski definition) is 7. The van der Waals surface area contributed by atoms with E-state index >= 15 is 0 Å². The topological polar surface area (TPSA) is 102 Å². The van der Waals surface area contributed by atoms with Crippen LogP contribution in [0.4, 0.5) is 5.69 Å². The molecule has 1 aliphatic heterocycles. The van der Waals surface area contributed by atoms with Gasteiger partial charge in [0.1, 0.15) is 30.4 Å². The molecule has 0 saturated heterocycles. The SMILES string of the molecule is CCOC(=O)CN(Cc1cccc(OCc2nc(-c3ccc(C)cc3)oc2C)c1)S(=O)(=O)N1CCCc2ccccc21. The van der Waals surface area contributed by atoms with Crippen molar-refractivity contribution < 1.29 is 27.1 Å². The number of rotatable bonds is 11. The number of esters is 1.